The standard InChI is InChI=1S/C25H27IN6O3/c1-35-22(17-5-3-2-4-6-17)25(34)31-15-20-21(16-31)28-29-23(20)27-24(33)18-7-9-19(10-8-18)30-11-13-32(26)14-12-30/h2-10,22H,11-16H2,1H3,(H2,27,28,29,33)/t22-/m1/s1. The van der Waals surface area contributed by atoms with Gasteiger partial charge in [0.05, 0.1) is 18.8 Å². The number of nitrogens with one attached hydrogen (secondary N) is 2. The number of hydrogen-bond acceptors (Lipinski definition) is 6. The van der Waals surface area contributed by atoms with Crippen LogP contribution in [0.3, 0.4) is 0 Å². The van der Waals surface area contributed by atoms with E-state index in [4.69, 9.17) is 4.74 Å². The largest absolute Gasteiger partial charge is 0.369 e. The Morgan fingerprint density at radius 3 is 2.43 bits per heavy atom. The number of carbonyl (C=O) groups excluding carboxylic acids is 2. The van der Waals surface area contributed by atoms with Crippen LogP contribution < -0.4 is 10.2 Å². The monoisotopic (exact) mass is 586 g/mol. The highest BCUT2D eigenvalue weighted by atomic mass is 127. The average Bonchev–Trinajstić information content (AvgIpc) is 3.48. The quantitative estimate of drug-likeness (QED) is 0.340. The Morgan fingerprint density at radius 1 is 1.03 bits per heavy atom. The fraction of sp³-hybridized carbons (Fsp3) is 0.320. The lowest BCUT2D eigenvalue weighted by atomic mass is 10.1. The van der Waals surface area contributed by atoms with Crippen LogP contribution in [0.2, 0.25) is 0 Å². The van der Waals surface area contributed by atoms with Gasteiger partial charge >= 0.3 is 0 Å². The number of piperazine rings is 1. The van der Waals surface area contributed by atoms with Crippen molar-refractivity contribution >= 4 is 46.2 Å². The molecule has 1 fully saturated rings. The Morgan fingerprint density at radius 2 is 1.74 bits per heavy atom. The number of H-pyrrole nitrogens is 1. The molecule has 2 aromatic carbocycles. The molecule has 1 aromatic heterocycles. The highest BCUT2D eigenvalue weighted by Gasteiger charge is 2.33. The molecule has 1 atom stereocenters. The van der Waals surface area contributed by atoms with E-state index in [9.17, 15) is 9.59 Å². The van der Waals surface area contributed by atoms with E-state index in [1.165, 1.54) is 7.11 Å². The van der Waals surface area contributed by atoms with Gasteiger partial charge in [-0.15, -0.1) is 0 Å². The third-order valence-electron chi connectivity index (χ3n) is 6.48. The predicted octanol–water partition coefficient (Wildman–Crippen LogP) is 3.36. The number of nitrogens with zero attached hydrogens (tertiary/aromatic N) is 4. The van der Waals surface area contributed by atoms with Crippen LogP contribution in [-0.4, -0.2) is 63.3 Å². The van der Waals surface area contributed by atoms with Gasteiger partial charge in [0.25, 0.3) is 11.8 Å². The molecular weight excluding hydrogens is 559 g/mol. The van der Waals surface area contributed by atoms with E-state index >= 15 is 0 Å². The van der Waals surface area contributed by atoms with Crippen LogP contribution in [0.4, 0.5) is 11.5 Å². The molecule has 1 saturated heterocycles. The first-order chi connectivity index (χ1) is 17.0. The first-order valence-electron chi connectivity index (χ1n) is 11.5. The fourth-order valence-corrected chi connectivity index (χ4v) is 4.95. The second-order valence-electron chi connectivity index (χ2n) is 8.65. The number of aromatic nitrogens is 2. The summed E-state index contributed by atoms with van der Waals surface area (Å²) < 4.78 is 7.79. The molecule has 0 bridgehead atoms. The van der Waals surface area contributed by atoms with Crippen molar-refractivity contribution in [1.82, 2.24) is 18.2 Å². The van der Waals surface area contributed by atoms with Gasteiger partial charge in [0.15, 0.2) is 11.9 Å². The number of anilines is 2. The molecular formula is C25H27IN6O3. The highest BCUT2D eigenvalue weighted by Crippen LogP contribution is 2.31. The third kappa shape index (κ3) is 5.04. The van der Waals surface area contributed by atoms with Crippen LogP contribution in [0.25, 0.3) is 0 Å². The normalized spacial score (nSPS) is 16.7. The van der Waals surface area contributed by atoms with Gasteiger partial charge in [0.1, 0.15) is 0 Å². The summed E-state index contributed by atoms with van der Waals surface area (Å²) in [4.78, 5) is 30.1. The summed E-state index contributed by atoms with van der Waals surface area (Å²) in [5.74, 6) is 0.0996. The van der Waals surface area contributed by atoms with E-state index in [0.717, 1.165) is 48.7 Å². The number of halogens is 1. The zero-order chi connectivity index (χ0) is 24.4. The molecule has 2 aliphatic heterocycles. The number of ether oxygens (including phenoxy) is 1. The Bertz CT molecular complexity index is 1190. The van der Waals surface area contributed by atoms with Gasteiger partial charge < -0.3 is 19.9 Å². The Kier molecular flexibility index (Phi) is 7.02. The maximum Gasteiger partial charge on any atom is 0.256 e. The topological polar surface area (TPSA) is 93.8 Å². The summed E-state index contributed by atoms with van der Waals surface area (Å²) in [5.41, 5.74) is 4.13. The van der Waals surface area contributed by atoms with Crippen molar-refractivity contribution in [3.8, 4) is 0 Å². The summed E-state index contributed by atoms with van der Waals surface area (Å²) >= 11 is 2.35. The van der Waals surface area contributed by atoms with Crippen LogP contribution in [0.5, 0.6) is 0 Å². The Balaban J connectivity index is 1.23. The minimum Gasteiger partial charge on any atom is -0.369 e. The molecule has 0 unspecified atom stereocenters. The van der Waals surface area contributed by atoms with Gasteiger partial charge in [0, 0.05) is 73.0 Å². The van der Waals surface area contributed by atoms with E-state index < -0.39 is 6.10 Å². The van der Waals surface area contributed by atoms with E-state index in [0.29, 0.717) is 24.5 Å². The van der Waals surface area contributed by atoms with E-state index in [-0.39, 0.29) is 11.8 Å². The fourth-order valence-electron chi connectivity index (χ4n) is 4.52. The first kappa shape index (κ1) is 23.8. The van der Waals surface area contributed by atoms with Crippen LogP contribution in [-0.2, 0) is 22.6 Å². The molecule has 3 heterocycles. The smallest absolute Gasteiger partial charge is 0.256 e. The van der Waals surface area contributed by atoms with Crippen molar-refractivity contribution < 1.29 is 14.3 Å². The van der Waals surface area contributed by atoms with Gasteiger partial charge in [-0.25, -0.2) is 3.11 Å². The molecule has 9 nitrogen and oxygen atoms in total. The molecule has 182 valence electrons. The highest BCUT2D eigenvalue weighted by molar-refractivity contribution is 14.1. The number of benzene rings is 2. The average molecular weight is 586 g/mol. The van der Waals surface area contributed by atoms with E-state index in [2.05, 4.69) is 46.4 Å². The summed E-state index contributed by atoms with van der Waals surface area (Å²) in [6.45, 7) is 4.72. The summed E-state index contributed by atoms with van der Waals surface area (Å²) in [6.07, 6.45) is -0.676. The van der Waals surface area contributed by atoms with E-state index in [1.54, 1.807) is 4.90 Å². The number of rotatable bonds is 6. The van der Waals surface area contributed by atoms with Gasteiger partial charge in [0.2, 0.25) is 0 Å². The van der Waals surface area contributed by atoms with Crippen LogP contribution in [0.1, 0.15) is 33.3 Å². The van der Waals surface area contributed by atoms with Crippen LogP contribution in [0, 0.1) is 0 Å². The lowest BCUT2D eigenvalue weighted by molar-refractivity contribution is -0.143. The number of carbonyl (C=O) groups is 2. The SMILES string of the molecule is CO[C@@H](C(=O)N1Cc2[nH]nc(NC(=O)c3ccc(N4CCN(I)CC4)cc3)c2C1)c1ccccc1. The molecule has 0 aliphatic carbocycles. The first-order valence-corrected chi connectivity index (χ1v) is 12.5. The van der Waals surface area contributed by atoms with Gasteiger partial charge in [-0.2, -0.15) is 5.10 Å². The number of aromatic amines is 1. The molecule has 35 heavy (non-hydrogen) atoms. The molecule has 5 rings (SSSR count). The maximum absolute atomic E-state index is 13.2. The maximum atomic E-state index is 13.2. The molecule has 2 N–H and O–H groups in total. The van der Waals surface area contributed by atoms with Crippen molar-refractivity contribution in [3.63, 3.8) is 0 Å². The number of methoxy groups -OCH3 is 1. The molecule has 0 spiro atoms. The molecule has 2 amide bonds. The molecule has 3 aromatic rings. The zero-order valence-electron chi connectivity index (χ0n) is 19.4. The zero-order valence-corrected chi connectivity index (χ0v) is 21.6. The van der Waals surface area contributed by atoms with Crippen molar-refractivity contribution in [2.45, 2.75) is 19.2 Å². The second-order valence-corrected chi connectivity index (χ2v) is 10.0. The molecule has 2 aliphatic rings. The van der Waals surface area contributed by atoms with Crippen LogP contribution in [0.15, 0.2) is 54.6 Å². The molecule has 0 radical (unpaired) electrons. The van der Waals surface area contributed by atoms with Gasteiger partial charge in [-0.05, 0) is 29.8 Å². The minimum atomic E-state index is -0.676. The van der Waals surface area contributed by atoms with Crippen LogP contribution >= 0.6 is 22.9 Å². The number of amides is 2. The third-order valence-corrected chi connectivity index (χ3v) is 7.44. The molecule has 10 heteroatoms. The lowest BCUT2D eigenvalue weighted by Gasteiger charge is -2.32. The number of hydrogen-bond donors (Lipinski definition) is 2. The number of fused-ring (bicyclic) bond motifs is 1. The summed E-state index contributed by atoms with van der Waals surface area (Å²) in [6, 6.07) is 17.1. The van der Waals surface area contributed by atoms with Gasteiger partial charge in [-0.1, -0.05) is 30.3 Å². The molecule has 0 saturated carbocycles. The van der Waals surface area contributed by atoms with Crippen molar-refractivity contribution in [2.24, 2.45) is 0 Å². The van der Waals surface area contributed by atoms with Crippen molar-refractivity contribution in [1.29, 1.82) is 0 Å². The second kappa shape index (κ2) is 10.3. The Hall–Kier alpha value is -2.96. The van der Waals surface area contributed by atoms with Gasteiger partial charge in [-0.3, -0.25) is 14.7 Å². The summed E-state index contributed by atoms with van der Waals surface area (Å²) in [7, 11) is 1.53. The van der Waals surface area contributed by atoms with E-state index in [1.807, 2.05) is 54.6 Å². The predicted molar refractivity (Wildman–Crippen MR) is 141 cm³/mol. The van der Waals surface area contributed by atoms with Crippen molar-refractivity contribution in [2.75, 3.05) is 43.5 Å². The van der Waals surface area contributed by atoms with Crippen molar-refractivity contribution in [3.05, 3.63) is 77.0 Å². The lowest BCUT2D eigenvalue weighted by Crippen LogP contribution is -2.42. The minimum absolute atomic E-state index is 0.125. The summed E-state index contributed by atoms with van der Waals surface area (Å²) in [5, 5.41) is 10.2. The Labute approximate surface area is 217 Å².